The highest BCUT2D eigenvalue weighted by atomic mass is 80.0. The summed E-state index contributed by atoms with van der Waals surface area (Å²) in [6.45, 7) is 4.60. The molecule has 0 saturated heterocycles. The van der Waals surface area contributed by atoms with Crippen LogP contribution in [0.5, 0.6) is 0 Å². The minimum Gasteiger partial charge on any atom is -0.426 e. The molecule has 0 aliphatic heterocycles. The SMILES string of the molecule is CC(C)(C(=O)OC(Br)(Br)Br)[C@@H](O)[C@@H](c1ccccc1)N(Cc1ccccc1)Cc1ccccc1. The van der Waals surface area contributed by atoms with E-state index in [-0.39, 0.29) is 0 Å². The number of rotatable bonds is 9. The maximum atomic E-state index is 13.1. The largest absolute Gasteiger partial charge is 0.426 e. The van der Waals surface area contributed by atoms with Gasteiger partial charge in [0.25, 0.3) is 2.33 Å². The molecule has 3 aromatic rings. The van der Waals surface area contributed by atoms with Crippen molar-refractivity contribution in [2.45, 2.75) is 41.4 Å². The molecule has 4 nitrogen and oxygen atoms in total. The highest BCUT2D eigenvalue weighted by Crippen LogP contribution is 2.41. The summed E-state index contributed by atoms with van der Waals surface area (Å²) in [7, 11) is 0. The molecule has 0 bridgehead atoms. The van der Waals surface area contributed by atoms with Crippen molar-refractivity contribution in [1.29, 1.82) is 0 Å². The Morgan fingerprint density at radius 1 is 0.824 bits per heavy atom. The standard InChI is InChI=1S/C27H28Br3NO3/c1-26(2,25(33)34-27(28,29)30)24(32)23(22-16-10-5-11-17-22)31(18-20-12-6-3-7-13-20)19-21-14-8-4-9-15-21/h3-17,23-24,32H,18-19H2,1-2H3/t23-,24+/m1/s1. The highest BCUT2D eigenvalue weighted by Gasteiger charge is 2.46. The predicted octanol–water partition coefficient (Wildman–Crippen LogP) is 7.16. The molecule has 0 aliphatic carbocycles. The van der Waals surface area contributed by atoms with Crippen LogP contribution in [0.1, 0.15) is 36.6 Å². The van der Waals surface area contributed by atoms with Crippen LogP contribution in [0, 0.1) is 5.41 Å². The number of hydrogen-bond acceptors (Lipinski definition) is 4. The smallest absolute Gasteiger partial charge is 0.316 e. The second kappa shape index (κ2) is 12.0. The van der Waals surface area contributed by atoms with E-state index >= 15 is 0 Å². The summed E-state index contributed by atoms with van der Waals surface area (Å²) in [6.07, 6.45) is -1.07. The Labute approximate surface area is 226 Å². The minimum absolute atomic E-state index is 0.473. The number of nitrogens with zero attached hydrogens (tertiary/aromatic N) is 1. The van der Waals surface area contributed by atoms with Crippen molar-refractivity contribution >= 4 is 53.8 Å². The van der Waals surface area contributed by atoms with E-state index < -0.39 is 25.9 Å². The molecule has 180 valence electrons. The third-order valence-electron chi connectivity index (χ3n) is 5.76. The van der Waals surface area contributed by atoms with Crippen LogP contribution in [0.25, 0.3) is 0 Å². The fourth-order valence-corrected chi connectivity index (χ4v) is 4.32. The van der Waals surface area contributed by atoms with Crippen LogP contribution in [-0.4, -0.2) is 24.4 Å². The summed E-state index contributed by atoms with van der Waals surface area (Å²) in [6, 6.07) is 29.6. The molecule has 2 atom stereocenters. The van der Waals surface area contributed by atoms with E-state index in [2.05, 4.69) is 77.0 Å². The van der Waals surface area contributed by atoms with Gasteiger partial charge in [-0.3, -0.25) is 9.69 Å². The van der Waals surface area contributed by atoms with Crippen molar-refractivity contribution in [3.63, 3.8) is 0 Å². The summed E-state index contributed by atoms with van der Waals surface area (Å²) in [4.78, 5) is 15.3. The first kappa shape index (κ1) is 27.1. The summed E-state index contributed by atoms with van der Waals surface area (Å²) in [5, 5.41) is 11.8. The van der Waals surface area contributed by atoms with E-state index in [1.807, 2.05) is 66.7 Å². The second-order valence-corrected chi connectivity index (χ2v) is 15.3. The van der Waals surface area contributed by atoms with Gasteiger partial charge in [-0.25, -0.2) is 0 Å². The normalized spacial score (nSPS) is 14.0. The van der Waals surface area contributed by atoms with Crippen LogP contribution < -0.4 is 0 Å². The molecule has 0 radical (unpaired) electrons. The van der Waals surface area contributed by atoms with Crippen molar-refractivity contribution in [3.8, 4) is 0 Å². The number of ether oxygens (including phenoxy) is 1. The maximum absolute atomic E-state index is 13.1. The van der Waals surface area contributed by atoms with E-state index in [1.54, 1.807) is 13.8 Å². The summed E-state index contributed by atoms with van der Waals surface area (Å²) >= 11 is 9.66. The first-order chi connectivity index (χ1) is 16.1. The Balaban J connectivity index is 2.04. The van der Waals surface area contributed by atoms with Crippen LogP contribution in [0.3, 0.4) is 0 Å². The molecule has 0 heterocycles. The van der Waals surface area contributed by atoms with E-state index in [0.717, 1.165) is 16.7 Å². The van der Waals surface area contributed by atoms with Gasteiger partial charge in [-0.15, -0.1) is 0 Å². The Kier molecular flexibility index (Phi) is 9.52. The number of esters is 1. The third kappa shape index (κ3) is 7.49. The van der Waals surface area contributed by atoms with Gasteiger partial charge in [-0.2, -0.15) is 0 Å². The van der Waals surface area contributed by atoms with Crippen molar-refractivity contribution in [1.82, 2.24) is 4.90 Å². The zero-order valence-corrected chi connectivity index (χ0v) is 23.8. The van der Waals surface area contributed by atoms with Gasteiger partial charge < -0.3 is 9.84 Å². The fraction of sp³-hybridized carbons (Fsp3) is 0.296. The van der Waals surface area contributed by atoms with E-state index in [9.17, 15) is 9.90 Å². The average molecular weight is 654 g/mol. The van der Waals surface area contributed by atoms with Crippen LogP contribution >= 0.6 is 47.8 Å². The van der Waals surface area contributed by atoms with Gasteiger partial charge in [0.15, 0.2) is 0 Å². The lowest BCUT2D eigenvalue weighted by Crippen LogP contribution is -2.48. The van der Waals surface area contributed by atoms with E-state index in [0.29, 0.717) is 13.1 Å². The predicted molar refractivity (Wildman–Crippen MR) is 147 cm³/mol. The molecule has 0 amide bonds. The third-order valence-corrected chi connectivity index (χ3v) is 6.25. The molecule has 0 saturated carbocycles. The van der Waals surface area contributed by atoms with Crippen LogP contribution in [-0.2, 0) is 22.6 Å². The number of alkyl halides is 3. The van der Waals surface area contributed by atoms with Gasteiger partial charge in [0, 0.05) is 13.1 Å². The Bertz CT molecular complexity index is 999. The molecule has 3 aromatic carbocycles. The molecule has 7 heteroatoms. The van der Waals surface area contributed by atoms with Gasteiger partial charge in [0.1, 0.15) is 0 Å². The molecule has 1 N–H and O–H groups in total. The summed E-state index contributed by atoms with van der Waals surface area (Å²) in [5.74, 6) is -0.550. The fourth-order valence-electron chi connectivity index (χ4n) is 3.88. The molecule has 3 rings (SSSR count). The first-order valence-corrected chi connectivity index (χ1v) is 13.3. The molecule has 0 unspecified atom stereocenters. The summed E-state index contributed by atoms with van der Waals surface area (Å²) in [5.41, 5.74) is 1.94. The van der Waals surface area contributed by atoms with E-state index in [4.69, 9.17) is 4.74 Å². The molecule has 0 aromatic heterocycles. The molecule has 0 aliphatic rings. The van der Waals surface area contributed by atoms with Crippen LogP contribution in [0.4, 0.5) is 0 Å². The lowest BCUT2D eigenvalue weighted by atomic mass is 9.79. The number of aliphatic hydroxyl groups excluding tert-OH is 1. The lowest BCUT2D eigenvalue weighted by Gasteiger charge is -2.41. The second-order valence-electron chi connectivity index (χ2n) is 8.73. The van der Waals surface area contributed by atoms with Crippen LogP contribution in [0.2, 0.25) is 0 Å². The minimum atomic E-state index is -1.22. The van der Waals surface area contributed by atoms with Crippen molar-refractivity contribution in [2.24, 2.45) is 5.41 Å². The lowest BCUT2D eigenvalue weighted by molar-refractivity contribution is -0.163. The van der Waals surface area contributed by atoms with Gasteiger partial charge in [0.2, 0.25) is 0 Å². The maximum Gasteiger partial charge on any atom is 0.316 e. The average Bonchev–Trinajstić information content (AvgIpc) is 2.80. The molecular weight excluding hydrogens is 626 g/mol. The monoisotopic (exact) mass is 651 g/mol. The Morgan fingerprint density at radius 2 is 1.24 bits per heavy atom. The van der Waals surface area contributed by atoms with Crippen molar-refractivity contribution < 1.29 is 14.6 Å². The zero-order chi connectivity index (χ0) is 24.8. The molecule has 0 spiro atoms. The number of halogens is 3. The number of benzene rings is 3. The Hall–Kier alpha value is -1.51. The zero-order valence-electron chi connectivity index (χ0n) is 19.1. The molecule has 34 heavy (non-hydrogen) atoms. The molecule has 0 fully saturated rings. The van der Waals surface area contributed by atoms with Gasteiger partial charge in [0.05, 0.1) is 17.6 Å². The highest BCUT2D eigenvalue weighted by molar-refractivity contribution is 9.39. The number of carbonyl (C=O) groups is 1. The Morgan fingerprint density at radius 3 is 1.65 bits per heavy atom. The van der Waals surface area contributed by atoms with Crippen molar-refractivity contribution in [2.75, 3.05) is 0 Å². The van der Waals surface area contributed by atoms with Crippen molar-refractivity contribution in [3.05, 3.63) is 108 Å². The quantitative estimate of drug-likeness (QED) is 0.197. The van der Waals surface area contributed by atoms with Gasteiger partial charge >= 0.3 is 5.97 Å². The van der Waals surface area contributed by atoms with E-state index in [1.165, 1.54) is 0 Å². The van der Waals surface area contributed by atoms with Gasteiger partial charge in [-0.1, -0.05) is 91.0 Å². The number of aliphatic hydroxyl groups is 1. The first-order valence-electron chi connectivity index (χ1n) is 10.9. The number of carbonyl (C=O) groups excluding carboxylic acids is 1. The topological polar surface area (TPSA) is 49.8 Å². The number of hydrogen-bond donors (Lipinski definition) is 1. The molecular formula is C27H28Br3NO3. The van der Waals surface area contributed by atoms with Crippen LogP contribution in [0.15, 0.2) is 91.0 Å². The van der Waals surface area contributed by atoms with Gasteiger partial charge in [-0.05, 0) is 78.3 Å². The summed E-state index contributed by atoms with van der Waals surface area (Å²) < 4.78 is 4.26.